The zero-order valence-corrected chi connectivity index (χ0v) is 12.1. The molecule has 0 aliphatic heterocycles. The van der Waals surface area contributed by atoms with Crippen molar-refractivity contribution in [3.8, 4) is 0 Å². The van der Waals surface area contributed by atoms with Gasteiger partial charge in [0, 0.05) is 5.02 Å². The van der Waals surface area contributed by atoms with E-state index in [2.05, 4.69) is 5.32 Å². The van der Waals surface area contributed by atoms with E-state index < -0.39 is 0 Å². The lowest BCUT2D eigenvalue weighted by Crippen LogP contribution is -2.13. The average Bonchev–Trinajstić information content (AvgIpc) is 3.24. The molecule has 1 saturated carbocycles. The van der Waals surface area contributed by atoms with Crippen LogP contribution >= 0.6 is 11.6 Å². The fraction of sp³-hybridized carbons (Fsp3) is 0.294. The molecule has 0 spiro atoms. The zero-order valence-electron chi connectivity index (χ0n) is 11.4. The van der Waals surface area contributed by atoms with E-state index in [0.717, 1.165) is 16.1 Å². The molecule has 1 N–H and O–H groups in total. The van der Waals surface area contributed by atoms with Gasteiger partial charge in [-0.05, 0) is 61.1 Å². The molecular formula is C17H17ClFN. The van der Waals surface area contributed by atoms with Crippen LogP contribution in [0.15, 0.2) is 42.5 Å². The van der Waals surface area contributed by atoms with Gasteiger partial charge in [-0.3, -0.25) is 0 Å². The molecule has 1 nitrogen and oxygen atoms in total. The Hall–Kier alpha value is -1.54. The summed E-state index contributed by atoms with van der Waals surface area (Å²) in [5.41, 5.74) is 2.67. The third kappa shape index (κ3) is 2.96. The second kappa shape index (κ2) is 5.45. The number of rotatable bonds is 4. The monoisotopic (exact) mass is 289 g/mol. The van der Waals surface area contributed by atoms with Gasteiger partial charge in [0.05, 0.1) is 11.7 Å². The van der Waals surface area contributed by atoms with Gasteiger partial charge in [-0.15, -0.1) is 0 Å². The van der Waals surface area contributed by atoms with Crippen LogP contribution in [0.2, 0.25) is 5.02 Å². The summed E-state index contributed by atoms with van der Waals surface area (Å²) in [7, 11) is 0. The van der Waals surface area contributed by atoms with Gasteiger partial charge in [-0.25, -0.2) is 4.39 Å². The van der Waals surface area contributed by atoms with Crippen molar-refractivity contribution in [1.82, 2.24) is 0 Å². The van der Waals surface area contributed by atoms with Gasteiger partial charge in [0.1, 0.15) is 5.82 Å². The Morgan fingerprint density at radius 3 is 2.45 bits per heavy atom. The summed E-state index contributed by atoms with van der Waals surface area (Å²) in [5.74, 6) is 0.390. The summed E-state index contributed by atoms with van der Waals surface area (Å²) in [5, 5.41) is 4.08. The van der Waals surface area contributed by atoms with Crippen molar-refractivity contribution >= 4 is 17.3 Å². The zero-order chi connectivity index (χ0) is 14.1. The van der Waals surface area contributed by atoms with E-state index >= 15 is 0 Å². The van der Waals surface area contributed by atoms with E-state index in [4.69, 9.17) is 11.6 Å². The predicted molar refractivity (Wildman–Crippen MR) is 81.7 cm³/mol. The molecule has 1 atom stereocenters. The van der Waals surface area contributed by atoms with Crippen LogP contribution in [0.25, 0.3) is 0 Å². The van der Waals surface area contributed by atoms with Crippen LogP contribution in [0.4, 0.5) is 10.1 Å². The number of hydrogen-bond acceptors (Lipinski definition) is 1. The standard InChI is InChI=1S/C17H17ClFN/c1-11-2-9-16(15(19)10-11)20-17(12-3-4-12)13-5-7-14(18)8-6-13/h2,5-10,12,17,20H,3-4H2,1H3. The minimum absolute atomic E-state index is 0.157. The maximum absolute atomic E-state index is 14.0. The summed E-state index contributed by atoms with van der Waals surface area (Å²) in [4.78, 5) is 0. The molecular weight excluding hydrogens is 273 g/mol. The molecule has 3 heteroatoms. The predicted octanol–water partition coefficient (Wildman–Crippen LogP) is 5.35. The summed E-state index contributed by atoms with van der Waals surface area (Å²) < 4.78 is 14.0. The van der Waals surface area contributed by atoms with E-state index in [1.54, 1.807) is 6.07 Å². The van der Waals surface area contributed by atoms with Crippen molar-refractivity contribution in [3.63, 3.8) is 0 Å². The highest BCUT2D eigenvalue weighted by Gasteiger charge is 2.32. The Morgan fingerprint density at radius 2 is 1.85 bits per heavy atom. The smallest absolute Gasteiger partial charge is 0.146 e. The number of nitrogens with one attached hydrogen (secondary N) is 1. The molecule has 0 radical (unpaired) electrons. The summed E-state index contributed by atoms with van der Waals surface area (Å²) >= 11 is 5.93. The highest BCUT2D eigenvalue weighted by molar-refractivity contribution is 6.30. The molecule has 0 bridgehead atoms. The Kier molecular flexibility index (Phi) is 3.66. The van der Waals surface area contributed by atoms with Gasteiger partial charge in [0.2, 0.25) is 0 Å². The minimum atomic E-state index is -0.190. The van der Waals surface area contributed by atoms with E-state index in [0.29, 0.717) is 11.6 Å². The average molecular weight is 290 g/mol. The lowest BCUT2D eigenvalue weighted by Gasteiger charge is -2.21. The van der Waals surface area contributed by atoms with Crippen LogP contribution in [-0.2, 0) is 0 Å². The molecule has 3 rings (SSSR count). The molecule has 1 unspecified atom stereocenters. The number of anilines is 1. The molecule has 20 heavy (non-hydrogen) atoms. The van der Waals surface area contributed by atoms with Crippen molar-refractivity contribution in [2.75, 3.05) is 5.32 Å². The fourth-order valence-corrected chi connectivity index (χ4v) is 2.60. The molecule has 0 saturated heterocycles. The molecule has 1 aliphatic rings. The van der Waals surface area contributed by atoms with Crippen LogP contribution in [0, 0.1) is 18.7 Å². The minimum Gasteiger partial charge on any atom is -0.376 e. The van der Waals surface area contributed by atoms with E-state index in [1.807, 2.05) is 43.3 Å². The second-order valence-corrected chi connectivity index (χ2v) is 5.93. The van der Waals surface area contributed by atoms with Gasteiger partial charge in [-0.2, -0.15) is 0 Å². The number of aryl methyl sites for hydroxylation is 1. The summed E-state index contributed by atoms with van der Waals surface area (Å²) in [6.45, 7) is 1.89. The van der Waals surface area contributed by atoms with Crippen LogP contribution in [0.5, 0.6) is 0 Å². The maximum atomic E-state index is 14.0. The first-order chi connectivity index (χ1) is 9.63. The Labute approximate surface area is 123 Å². The highest BCUT2D eigenvalue weighted by atomic mass is 35.5. The number of benzene rings is 2. The molecule has 1 fully saturated rings. The van der Waals surface area contributed by atoms with Crippen LogP contribution in [-0.4, -0.2) is 0 Å². The SMILES string of the molecule is Cc1ccc(NC(c2ccc(Cl)cc2)C2CC2)c(F)c1. The van der Waals surface area contributed by atoms with Gasteiger partial charge in [0.25, 0.3) is 0 Å². The lowest BCUT2D eigenvalue weighted by atomic mass is 10.0. The van der Waals surface area contributed by atoms with Crippen LogP contribution in [0.3, 0.4) is 0 Å². The van der Waals surface area contributed by atoms with E-state index in [9.17, 15) is 4.39 Å². The van der Waals surface area contributed by atoms with Gasteiger partial charge in [-0.1, -0.05) is 29.8 Å². The van der Waals surface area contributed by atoms with E-state index in [1.165, 1.54) is 12.8 Å². The third-order valence-electron chi connectivity index (χ3n) is 3.76. The van der Waals surface area contributed by atoms with Crippen molar-refractivity contribution in [2.45, 2.75) is 25.8 Å². The number of hydrogen-bond donors (Lipinski definition) is 1. The number of halogens is 2. The highest BCUT2D eigenvalue weighted by Crippen LogP contribution is 2.43. The Bertz CT molecular complexity index is 605. The topological polar surface area (TPSA) is 12.0 Å². The molecule has 2 aromatic carbocycles. The lowest BCUT2D eigenvalue weighted by molar-refractivity contribution is 0.615. The molecule has 104 valence electrons. The summed E-state index contributed by atoms with van der Waals surface area (Å²) in [6.07, 6.45) is 2.38. The normalized spacial score (nSPS) is 15.9. The molecule has 2 aromatic rings. The molecule has 0 aromatic heterocycles. The largest absolute Gasteiger partial charge is 0.376 e. The first-order valence-electron chi connectivity index (χ1n) is 6.91. The first-order valence-corrected chi connectivity index (χ1v) is 7.29. The van der Waals surface area contributed by atoms with Crippen LogP contribution < -0.4 is 5.32 Å². The van der Waals surface area contributed by atoms with Gasteiger partial charge in [0.15, 0.2) is 0 Å². The molecule has 1 aliphatic carbocycles. The summed E-state index contributed by atoms with van der Waals surface area (Å²) in [6, 6.07) is 13.3. The quantitative estimate of drug-likeness (QED) is 0.800. The molecule has 0 amide bonds. The van der Waals surface area contributed by atoms with E-state index in [-0.39, 0.29) is 11.9 Å². The Balaban J connectivity index is 1.86. The maximum Gasteiger partial charge on any atom is 0.146 e. The van der Waals surface area contributed by atoms with Crippen LogP contribution in [0.1, 0.15) is 30.0 Å². The van der Waals surface area contributed by atoms with Crippen molar-refractivity contribution in [3.05, 3.63) is 64.4 Å². The molecule has 0 heterocycles. The third-order valence-corrected chi connectivity index (χ3v) is 4.01. The second-order valence-electron chi connectivity index (χ2n) is 5.49. The Morgan fingerprint density at radius 1 is 1.15 bits per heavy atom. The van der Waals surface area contributed by atoms with Crippen molar-refractivity contribution in [1.29, 1.82) is 0 Å². The van der Waals surface area contributed by atoms with Crippen molar-refractivity contribution < 1.29 is 4.39 Å². The van der Waals surface area contributed by atoms with Gasteiger partial charge >= 0.3 is 0 Å². The fourth-order valence-electron chi connectivity index (χ4n) is 2.48. The van der Waals surface area contributed by atoms with Gasteiger partial charge < -0.3 is 5.32 Å². The first kappa shape index (κ1) is 13.4. The van der Waals surface area contributed by atoms with Crippen molar-refractivity contribution in [2.24, 2.45) is 5.92 Å².